The van der Waals surface area contributed by atoms with Gasteiger partial charge in [0.1, 0.15) is 12.3 Å². The maximum Gasteiger partial charge on any atom is 0.265 e. The van der Waals surface area contributed by atoms with Crippen molar-refractivity contribution in [3.63, 3.8) is 0 Å². The van der Waals surface area contributed by atoms with Gasteiger partial charge in [0.2, 0.25) is 5.91 Å². The molecule has 8 nitrogen and oxygen atoms in total. The molecule has 0 aromatic heterocycles. The third kappa shape index (κ3) is 4.44. The lowest BCUT2D eigenvalue weighted by atomic mass is 10.1. The summed E-state index contributed by atoms with van der Waals surface area (Å²) in [6.45, 7) is 0.856. The van der Waals surface area contributed by atoms with Crippen LogP contribution >= 0.6 is 0 Å². The van der Waals surface area contributed by atoms with Crippen molar-refractivity contribution in [2.75, 3.05) is 36.5 Å². The predicted molar refractivity (Wildman–Crippen MR) is 111 cm³/mol. The molecule has 0 spiro atoms. The van der Waals surface area contributed by atoms with Crippen molar-refractivity contribution in [3.05, 3.63) is 54.1 Å². The number of nitrogens with zero attached hydrogens (tertiary/aromatic N) is 1. The second kappa shape index (κ2) is 8.96. The highest BCUT2D eigenvalue weighted by Gasteiger charge is 2.27. The van der Waals surface area contributed by atoms with Crippen molar-refractivity contribution in [2.24, 2.45) is 0 Å². The second-order valence-electron chi connectivity index (χ2n) is 7.18. The Morgan fingerprint density at radius 2 is 1.90 bits per heavy atom. The molecule has 2 aliphatic rings. The van der Waals surface area contributed by atoms with E-state index in [9.17, 15) is 14.4 Å². The summed E-state index contributed by atoms with van der Waals surface area (Å²) in [4.78, 5) is 39.0. The zero-order valence-corrected chi connectivity index (χ0v) is 16.4. The first-order valence-corrected chi connectivity index (χ1v) is 9.92. The Balaban J connectivity index is 1.42. The van der Waals surface area contributed by atoms with Gasteiger partial charge in [-0.1, -0.05) is 24.3 Å². The summed E-state index contributed by atoms with van der Waals surface area (Å²) in [7, 11) is 0. The number of carbonyl (C=O) groups excluding carboxylic acids is 3. The molecule has 2 aromatic carbocycles. The molecule has 1 saturated heterocycles. The van der Waals surface area contributed by atoms with E-state index in [1.807, 2.05) is 0 Å². The molecule has 0 saturated carbocycles. The number of hydrogen-bond donors (Lipinski definition) is 2. The molecule has 2 heterocycles. The van der Waals surface area contributed by atoms with Gasteiger partial charge in [-0.15, -0.1) is 0 Å². The van der Waals surface area contributed by atoms with Crippen LogP contribution in [0.3, 0.4) is 0 Å². The minimum atomic E-state index is -0.403. The predicted octanol–water partition coefficient (Wildman–Crippen LogP) is 1.96. The number of anilines is 2. The van der Waals surface area contributed by atoms with Crippen LogP contribution in [-0.2, 0) is 14.3 Å². The fourth-order valence-corrected chi connectivity index (χ4v) is 3.56. The summed E-state index contributed by atoms with van der Waals surface area (Å²) in [6.07, 6.45) is 1.95. The van der Waals surface area contributed by atoms with Crippen molar-refractivity contribution in [2.45, 2.75) is 18.9 Å². The minimum Gasteiger partial charge on any atom is -0.482 e. The van der Waals surface area contributed by atoms with E-state index in [2.05, 4.69) is 10.6 Å². The van der Waals surface area contributed by atoms with Crippen LogP contribution in [0.25, 0.3) is 0 Å². The van der Waals surface area contributed by atoms with Crippen LogP contribution in [0, 0.1) is 0 Å². The van der Waals surface area contributed by atoms with Crippen molar-refractivity contribution >= 4 is 29.1 Å². The first-order chi connectivity index (χ1) is 14.6. The summed E-state index contributed by atoms with van der Waals surface area (Å²) in [5.74, 6) is -0.432. The van der Waals surface area contributed by atoms with Crippen LogP contribution in [0.15, 0.2) is 48.5 Å². The third-order valence-corrected chi connectivity index (χ3v) is 5.07. The van der Waals surface area contributed by atoms with E-state index in [1.165, 1.54) is 4.90 Å². The summed E-state index contributed by atoms with van der Waals surface area (Å²) < 4.78 is 10.9. The second-order valence-corrected chi connectivity index (χ2v) is 7.18. The molecule has 0 bridgehead atoms. The molecule has 0 aliphatic carbocycles. The Kier molecular flexibility index (Phi) is 5.94. The maximum absolute atomic E-state index is 12.7. The minimum absolute atomic E-state index is 0.0307. The van der Waals surface area contributed by atoms with Crippen LogP contribution in [0.5, 0.6) is 5.75 Å². The molecule has 156 valence electrons. The van der Waals surface area contributed by atoms with Crippen molar-refractivity contribution in [3.8, 4) is 5.75 Å². The van der Waals surface area contributed by atoms with Crippen molar-refractivity contribution < 1.29 is 23.9 Å². The molecule has 2 N–H and O–H groups in total. The van der Waals surface area contributed by atoms with E-state index in [1.54, 1.807) is 48.5 Å². The number of hydrogen-bond acceptors (Lipinski definition) is 5. The fourth-order valence-electron chi connectivity index (χ4n) is 3.56. The average molecular weight is 409 g/mol. The topological polar surface area (TPSA) is 97.0 Å². The van der Waals surface area contributed by atoms with Crippen LogP contribution in [0.4, 0.5) is 11.4 Å². The largest absolute Gasteiger partial charge is 0.482 e. The molecule has 0 radical (unpaired) electrons. The molecule has 8 heteroatoms. The molecular formula is C22H23N3O5. The zero-order valence-electron chi connectivity index (χ0n) is 16.4. The Labute approximate surface area is 174 Å². The molecule has 3 amide bonds. The van der Waals surface area contributed by atoms with Gasteiger partial charge in [0.05, 0.1) is 23.0 Å². The lowest BCUT2D eigenvalue weighted by Gasteiger charge is -2.28. The Hall–Kier alpha value is -3.39. The van der Waals surface area contributed by atoms with Crippen molar-refractivity contribution in [1.82, 2.24) is 5.32 Å². The normalized spacial score (nSPS) is 17.8. The van der Waals surface area contributed by atoms with E-state index in [0.717, 1.165) is 19.4 Å². The number of nitrogens with one attached hydrogen (secondary N) is 2. The molecule has 1 atom stereocenters. The summed E-state index contributed by atoms with van der Waals surface area (Å²) in [5, 5.41) is 5.61. The van der Waals surface area contributed by atoms with Gasteiger partial charge in [-0.3, -0.25) is 19.3 Å². The number of amides is 3. The van der Waals surface area contributed by atoms with Gasteiger partial charge in [0.25, 0.3) is 11.8 Å². The standard InChI is InChI=1S/C22H23N3O5/c26-20(13-25-18-9-3-4-10-19(18)30-14-21(25)27)24-17-8-2-1-7-16(17)22(28)23-12-15-6-5-11-29-15/h1-4,7-10,15H,5-6,11-14H2,(H,23,28)(H,24,26). The highest BCUT2D eigenvalue weighted by molar-refractivity contribution is 6.07. The number of para-hydroxylation sites is 3. The SMILES string of the molecule is O=C(CN1C(=O)COc2ccccc21)Nc1ccccc1C(=O)NCC1CCCO1. The average Bonchev–Trinajstić information content (AvgIpc) is 3.28. The van der Waals surface area contributed by atoms with Gasteiger partial charge in [-0.25, -0.2) is 0 Å². The summed E-state index contributed by atoms with van der Waals surface area (Å²) >= 11 is 0. The third-order valence-electron chi connectivity index (χ3n) is 5.07. The molecule has 30 heavy (non-hydrogen) atoms. The summed E-state index contributed by atoms with van der Waals surface area (Å²) in [6, 6.07) is 13.8. The van der Waals surface area contributed by atoms with E-state index in [4.69, 9.17) is 9.47 Å². The summed E-state index contributed by atoms with van der Waals surface area (Å²) in [5.41, 5.74) is 1.30. The van der Waals surface area contributed by atoms with Gasteiger partial charge < -0.3 is 20.1 Å². The number of fused-ring (bicyclic) bond motifs is 1. The molecule has 2 aromatic rings. The highest BCUT2D eigenvalue weighted by atomic mass is 16.5. The van der Waals surface area contributed by atoms with Crippen LogP contribution < -0.4 is 20.3 Å². The van der Waals surface area contributed by atoms with E-state index < -0.39 is 5.91 Å². The molecular weight excluding hydrogens is 386 g/mol. The van der Waals surface area contributed by atoms with Gasteiger partial charge >= 0.3 is 0 Å². The van der Waals surface area contributed by atoms with Crippen molar-refractivity contribution in [1.29, 1.82) is 0 Å². The van der Waals surface area contributed by atoms with Crippen LogP contribution in [0.1, 0.15) is 23.2 Å². The first-order valence-electron chi connectivity index (χ1n) is 9.92. The quantitative estimate of drug-likeness (QED) is 0.760. The molecule has 2 aliphatic heterocycles. The lowest BCUT2D eigenvalue weighted by Crippen LogP contribution is -2.43. The first kappa shape index (κ1) is 19.9. The van der Waals surface area contributed by atoms with E-state index in [0.29, 0.717) is 29.2 Å². The van der Waals surface area contributed by atoms with Gasteiger partial charge in [0, 0.05) is 13.2 Å². The maximum atomic E-state index is 12.7. The van der Waals surface area contributed by atoms with Crippen LogP contribution in [-0.4, -0.2) is 50.1 Å². The molecule has 1 fully saturated rings. The van der Waals surface area contributed by atoms with Gasteiger partial charge in [0.15, 0.2) is 6.61 Å². The number of rotatable bonds is 6. The molecule has 4 rings (SSSR count). The monoisotopic (exact) mass is 409 g/mol. The highest BCUT2D eigenvalue weighted by Crippen LogP contribution is 2.31. The van der Waals surface area contributed by atoms with E-state index in [-0.39, 0.29) is 31.1 Å². The smallest absolute Gasteiger partial charge is 0.265 e. The zero-order chi connectivity index (χ0) is 20.9. The molecule has 1 unspecified atom stereocenters. The number of benzene rings is 2. The Morgan fingerprint density at radius 1 is 1.10 bits per heavy atom. The number of ether oxygens (including phenoxy) is 2. The Morgan fingerprint density at radius 3 is 2.73 bits per heavy atom. The number of carbonyl (C=O) groups is 3. The van der Waals surface area contributed by atoms with E-state index >= 15 is 0 Å². The fraction of sp³-hybridized carbons (Fsp3) is 0.318. The van der Waals surface area contributed by atoms with Crippen LogP contribution in [0.2, 0.25) is 0 Å². The lowest BCUT2D eigenvalue weighted by molar-refractivity contribution is -0.123. The Bertz CT molecular complexity index is 955. The van der Waals surface area contributed by atoms with Gasteiger partial charge in [-0.2, -0.15) is 0 Å². The van der Waals surface area contributed by atoms with Gasteiger partial charge in [-0.05, 0) is 37.1 Å².